The minimum absolute atomic E-state index is 0.0359. The van der Waals surface area contributed by atoms with Crippen molar-refractivity contribution < 1.29 is 24.0 Å². The topological polar surface area (TPSA) is 125 Å². The van der Waals surface area contributed by atoms with Gasteiger partial charge in [-0.25, -0.2) is 0 Å². The molecule has 36 heavy (non-hydrogen) atoms. The number of nitrogens with one attached hydrogen (secondary N) is 3. The summed E-state index contributed by atoms with van der Waals surface area (Å²) in [6.07, 6.45) is 2.26. The van der Waals surface area contributed by atoms with Crippen LogP contribution in [0.2, 0.25) is 0 Å². The van der Waals surface area contributed by atoms with Crippen LogP contribution in [0.5, 0.6) is 0 Å². The molecule has 0 aliphatic carbocycles. The summed E-state index contributed by atoms with van der Waals surface area (Å²) in [5.41, 5.74) is 0.456. The van der Waals surface area contributed by atoms with Crippen LogP contribution in [0.1, 0.15) is 63.7 Å². The van der Waals surface area contributed by atoms with Crippen molar-refractivity contribution in [2.75, 3.05) is 18.8 Å². The van der Waals surface area contributed by atoms with Gasteiger partial charge in [0.1, 0.15) is 12.1 Å². The third-order valence-corrected chi connectivity index (χ3v) is 6.74. The van der Waals surface area contributed by atoms with Gasteiger partial charge in [-0.2, -0.15) is 0 Å². The molecule has 2 rings (SSSR count). The highest BCUT2D eigenvalue weighted by atomic mass is 32.2. The number of amides is 4. The Hall–Kier alpha value is -2.88. The first-order valence-electron chi connectivity index (χ1n) is 12.4. The van der Waals surface area contributed by atoms with Crippen molar-refractivity contribution in [3.05, 3.63) is 35.9 Å². The van der Waals surface area contributed by atoms with Crippen LogP contribution in [0.15, 0.2) is 30.3 Å². The first-order chi connectivity index (χ1) is 17.1. The van der Waals surface area contributed by atoms with E-state index in [4.69, 9.17) is 0 Å². The predicted molar refractivity (Wildman–Crippen MR) is 140 cm³/mol. The number of rotatable bonds is 12. The van der Waals surface area contributed by atoms with Crippen LogP contribution in [-0.2, 0) is 19.2 Å². The fourth-order valence-corrected chi connectivity index (χ4v) is 4.81. The maximum Gasteiger partial charge on any atom is 0.251 e. The number of carbonyl (C=O) groups is 5. The summed E-state index contributed by atoms with van der Waals surface area (Å²) in [7, 11) is 0. The minimum atomic E-state index is -0.726. The molecule has 10 heteroatoms. The average Bonchev–Trinajstić information content (AvgIpc) is 3.32. The standard InChI is InChI=1S/C26H38N4O5S/c1-17(2)15-21(25(34)28-18(3)12-14-36-19(4)31)29-26(35)22-11-8-13-30(22)23(32)16-27-24(33)20-9-6-5-7-10-20/h5-7,9-10,17-18,21-22H,8,11-16H2,1-4H3,(H,27,33)(H,28,34)(H,29,35)/t18-,21-,22-/m0/s1. The van der Waals surface area contributed by atoms with Crippen LogP contribution in [0.3, 0.4) is 0 Å². The molecular weight excluding hydrogens is 480 g/mol. The lowest BCUT2D eigenvalue weighted by atomic mass is 10.0. The molecule has 0 unspecified atom stereocenters. The van der Waals surface area contributed by atoms with Gasteiger partial charge in [-0.1, -0.05) is 43.8 Å². The van der Waals surface area contributed by atoms with Gasteiger partial charge in [0.15, 0.2) is 5.12 Å². The quantitative estimate of drug-likeness (QED) is 0.389. The summed E-state index contributed by atoms with van der Waals surface area (Å²) in [6.45, 7) is 7.54. The molecular formula is C26H38N4O5S. The summed E-state index contributed by atoms with van der Waals surface area (Å²) in [5.74, 6) is -0.553. The van der Waals surface area contributed by atoms with Gasteiger partial charge in [-0.15, -0.1) is 0 Å². The highest BCUT2D eigenvalue weighted by molar-refractivity contribution is 8.13. The fourth-order valence-electron chi connectivity index (χ4n) is 4.05. The summed E-state index contributed by atoms with van der Waals surface area (Å²) in [6, 6.07) is 7.06. The van der Waals surface area contributed by atoms with E-state index in [0.717, 1.165) is 0 Å². The van der Waals surface area contributed by atoms with E-state index in [9.17, 15) is 24.0 Å². The summed E-state index contributed by atoms with van der Waals surface area (Å²) in [4.78, 5) is 63.7. The summed E-state index contributed by atoms with van der Waals surface area (Å²) >= 11 is 1.22. The molecule has 198 valence electrons. The lowest BCUT2D eigenvalue weighted by Gasteiger charge is -2.28. The Labute approximate surface area is 217 Å². The molecule has 1 aliphatic heterocycles. The number of likely N-dealkylation sites (tertiary alicyclic amines) is 1. The first-order valence-corrected chi connectivity index (χ1v) is 13.4. The van der Waals surface area contributed by atoms with E-state index in [1.807, 2.05) is 20.8 Å². The van der Waals surface area contributed by atoms with Crippen molar-refractivity contribution in [1.82, 2.24) is 20.9 Å². The molecule has 1 heterocycles. The summed E-state index contributed by atoms with van der Waals surface area (Å²) < 4.78 is 0. The molecule has 9 nitrogen and oxygen atoms in total. The van der Waals surface area contributed by atoms with Gasteiger partial charge in [0.2, 0.25) is 17.7 Å². The zero-order chi connectivity index (χ0) is 26.7. The Balaban J connectivity index is 1.94. The van der Waals surface area contributed by atoms with Gasteiger partial charge in [-0.3, -0.25) is 24.0 Å². The van der Waals surface area contributed by atoms with Gasteiger partial charge in [-0.05, 0) is 50.7 Å². The Morgan fingerprint density at radius 1 is 1.06 bits per heavy atom. The molecule has 1 aliphatic rings. The molecule has 0 aromatic heterocycles. The molecule has 3 N–H and O–H groups in total. The van der Waals surface area contributed by atoms with Crippen molar-refractivity contribution in [3.63, 3.8) is 0 Å². The molecule has 0 spiro atoms. The van der Waals surface area contributed by atoms with E-state index >= 15 is 0 Å². The fraction of sp³-hybridized carbons (Fsp3) is 0.577. The second-order valence-corrected chi connectivity index (χ2v) is 10.8. The second kappa shape index (κ2) is 14.6. The minimum Gasteiger partial charge on any atom is -0.352 e. The maximum atomic E-state index is 13.1. The average molecular weight is 519 g/mol. The molecule has 0 saturated carbocycles. The van der Waals surface area contributed by atoms with E-state index in [1.165, 1.54) is 23.6 Å². The molecule has 3 atom stereocenters. The van der Waals surface area contributed by atoms with Crippen LogP contribution in [0.25, 0.3) is 0 Å². The lowest BCUT2D eigenvalue weighted by Crippen LogP contribution is -2.55. The number of carbonyl (C=O) groups excluding carboxylic acids is 5. The van der Waals surface area contributed by atoms with Crippen molar-refractivity contribution in [2.45, 2.75) is 71.5 Å². The number of nitrogens with zero attached hydrogens (tertiary/aromatic N) is 1. The summed E-state index contributed by atoms with van der Waals surface area (Å²) in [5, 5.41) is 8.44. The van der Waals surface area contributed by atoms with E-state index in [1.54, 1.807) is 30.3 Å². The predicted octanol–water partition coefficient (Wildman–Crippen LogP) is 2.11. The van der Waals surface area contributed by atoms with Crippen LogP contribution in [-0.4, -0.2) is 70.6 Å². The van der Waals surface area contributed by atoms with E-state index in [0.29, 0.717) is 43.5 Å². The third-order valence-electron chi connectivity index (χ3n) is 5.90. The zero-order valence-corrected chi connectivity index (χ0v) is 22.4. The van der Waals surface area contributed by atoms with Crippen molar-refractivity contribution in [1.29, 1.82) is 0 Å². The van der Waals surface area contributed by atoms with Crippen LogP contribution < -0.4 is 16.0 Å². The largest absolute Gasteiger partial charge is 0.352 e. The van der Waals surface area contributed by atoms with Gasteiger partial charge in [0.05, 0.1) is 6.54 Å². The Kier molecular flexibility index (Phi) is 11.9. The lowest BCUT2D eigenvalue weighted by molar-refractivity contribution is -0.139. The van der Waals surface area contributed by atoms with Gasteiger partial charge in [0.25, 0.3) is 5.91 Å². The Morgan fingerprint density at radius 2 is 1.75 bits per heavy atom. The monoisotopic (exact) mass is 518 g/mol. The van der Waals surface area contributed by atoms with Crippen LogP contribution >= 0.6 is 11.8 Å². The number of benzene rings is 1. The van der Waals surface area contributed by atoms with Gasteiger partial charge in [0, 0.05) is 30.8 Å². The maximum absolute atomic E-state index is 13.1. The van der Waals surface area contributed by atoms with Crippen LogP contribution in [0.4, 0.5) is 0 Å². The molecule has 0 bridgehead atoms. The zero-order valence-electron chi connectivity index (χ0n) is 21.5. The molecule has 1 saturated heterocycles. The number of thioether (sulfide) groups is 1. The number of hydrogen-bond donors (Lipinski definition) is 3. The molecule has 4 amide bonds. The van der Waals surface area contributed by atoms with E-state index in [2.05, 4.69) is 16.0 Å². The highest BCUT2D eigenvalue weighted by Gasteiger charge is 2.36. The van der Waals surface area contributed by atoms with Crippen molar-refractivity contribution in [3.8, 4) is 0 Å². The second-order valence-electron chi connectivity index (χ2n) is 9.52. The Bertz CT molecular complexity index is 924. The highest BCUT2D eigenvalue weighted by Crippen LogP contribution is 2.18. The first kappa shape index (κ1) is 29.4. The van der Waals surface area contributed by atoms with E-state index < -0.39 is 12.1 Å². The molecule has 0 radical (unpaired) electrons. The van der Waals surface area contributed by atoms with Crippen molar-refractivity contribution in [2.24, 2.45) is 5.92 Å². The Morgan fingerprint density at radius 3 is 2.39 bits per heavy atom. The molecule has 1 aromatic carbocycles. The van der Waals surface area contributed by atoms with Crippen molar-refractivity contribution >= 4 is 40.5 Å². The van der Waals surface area contributed by atoms with E-state index in [-0.39, 0.29) is 47.2 Å². The molecule has 1 aromatic rings. The third kappa shape index (κ3) is 9.64. The SMILES string of the molecule is CC(=O)SCC[C@H](C)NC(=O)[C@H](CC(C)C)NC(=O)[C@@H]1CCCN1C(=O)CNC(=O)c1ccccc1. The van der Waals surface area contributed by atoms with Gasteiger partial charge >= 0.3 is 0 Å². The normalized spacial score (nSPS) is 16.8. The smallest absolute Gasteiger partial charge is 0.251 e. The van der Waals surface area contributed by atoms with Gasteiger partial charge < -0.3 is 20.9 Å². The van der Waals surface area contributed by atoms with Crippen LogP contribution in [0, 0.1) is 5.92 Å². The molecule has 1 fully saturated rings. The number of hydrogen-bond acceptors (Lipinski definition) is 6.